The van der Waals surface area contributed by atoms with Gasteiger partial charge in [0.25, 0.3) is 0 Å². The zero-order valence-electron chi connectivity index (χ0n) is 8.84. The third-order valence-electron chi connectivity index (χ3n) is 2.47. The highest BCUT2D eigenvalue weighted by molar-refractivity contribution is 5.21. The molecule has 84 valence electrons. The van der Waals surface area contributed by atoms with Crippen LogP contribution in [-0.2, 0) is 6.54 Å². The normalized spacial score (nSPS) is 12.7. The van der Waals surface area contributed by atoms with Crippen molar-refractivity contribution >= 4 is 0 Å². The molecule has 0 spiro atoms. The molecule has 1 unspecified atom stereocenters. The summed E-state index contributed by atoms with van der Waals surface area (Å²) in [5, 5.41) is 11.1. The van der Waals surface area contributed by atoms with Crippen LogP contribution in [0.25, 0.3) is 0 Å². The van der Waals surface area contributed by atoms with Gasteiger partial charge in [-0.1, -0.05) is 18.2 Å². The SMILES string of the molecule is CC(c1ccccc1F)n1nnnc1CN. The van der Waals surface area contributed by atoms with Gasteiger partial charge in [-0.05, 0) is 23.4 Å². The fraction of sp³-hybridized carbons (Fsp3) is 0.300. The smallest absolute Gasteiger partial charge is 0.165 e. The first-order valence-corrected chi connectivity index (χ1v) is 4.95. The van der Waals surface area contributed by atoms with E-state index in [4.69, 9.17) is 5.73 Å². The second-order valence-electron chi connectivity index (χ2n) is 3.44. The lowest BCUT2D eigenvalue weighted by molar-refractivity contribution is 0.493. The summed E-state index contributed by atoms with van der Waals surface area (Å²) in [7, 11) is 0. The summed E-state index contributed by atoms with van der Waals surface area (Å²) in [4.78, 5) is 0. The molecular formula is C10H12FN5. The van der Waals surface area contributed by atoms with Crippen molar-refractivity contribution in [3.05, 3.63) is 41.5 Å². The Bertz CT molecular complexity index is 482. The summed E-state index contributed by atoms with van der Waals surface area (Å²) in [6, 6.07) is 6.28. The van der Waals surface area contributed by atoms with E-state index in [9.17, 15) is 4.39 Å². The molecule has 0 saturated carbocycles. The molecule has 2 rings (SSSR count). The molecule has 5 nitrogen and oxygen atoms in total. The number of hydrogen-bond donors (Lipinski definition) is 1. The molecule has 1 heterocycles. The maximum atomic E-state index is 13.6. The average molecular weight is 221 g/mol. The van der Waals surface area contributed by atoms with Gasteiger partial charge >= 0.3 is 0 Å². The number of tetrazole rings is 1. The van der Waals surface area contributed by atoms with Gasteiger partial charge in [0.2, 0.25) is 0 Å². The summed E-state index contributed by atoms with van der Waals surface area (Å²) in [5.74, 6) is 0.268. The summed E-state index contributed by atoms with van der Waals surface area (Å²) in [5.41, 5.74) is 6.04. The Kier molecular flexibility index (Phi) is 2.91. The fourth-order valence-electron chi connectivity index (χ4n) is 1.59. The predicted molar refractivity (Wildman–Crippen MR) is 55.9 cm³/mol. The Balaban J connectivity index is 2.39. The van der Waals surface area contributed by atoms with Crippen molar-refractivity contribution in [3.8, 4) is 0 Å². The lowest BCUT2D eigenvalue weighted by Gasteiger charge is -2.13. The highest BCUT2D eigenvalue weighted by atomic mass is 19.1. The molecule has 0 aliphatic heterocycles. The number of nitrogens with zero attached hydrogens (tertiary/aromatic N) is 4. The fourth-order valence-corrected chi connectivity index (χ4v) is 1.59. The quantitative estimate of drug-likeness (QED) is 0.835. The lowest BCUT2D eigenvalue weighted by atomic mass is 10.1. The molecule has 0 bridgehead atoms. The standard InChI is InChI=1S/C10H12FN5/c1-7(8-4-2-3-5-9(8)11)16-10(6-12)13-14-15-16/h2-5,7H,6,12H2,1H3. The van der Waals surface area contributed by atoms with E-state index in [0.717, 1.165) is 0 Å². The van der Waals surface area contributed by atoms with Gasteiger partial charge in [0.05, 0.1) is 12.6 Å². The first kappa shape index (κ1) is 10.7. The van der Waals surface area contributed by atoms with Crippen molar-refractivity contribution < 1.29 is 4.39 Å². The van der Waals surface area contributed by atoms with E-state index >= 15 is 0 Å². The molecule has 0 aliphatic carbocycles. The van der Waals surface area contributed by atoms with E-state index in [-0.39, 0.29) is 18.4 Å². The molecule has 0 saturated heterocycles. The van der Waals surface area contributed by atoms with Gasteiger partial charge in [-0.15, -0.1) is 5.10 Å². The Morgan fingerprint density at radius 2 is 2.19 bits per heavy atom. The van der Waals surface area contributed by atoms with Crippen molar-refractivity contribution in [2.45, 2.75) is 19.5 Å². The van der Waals surface area contributed by atoms with E-state index in [1.165, 1.54) is 10.7 Å². The van der Waals surface area contributed by atoms with E-state index in [0.29, 0.717) is 11.4 Å². The van der Waals surface area contributed by atoms with Crippen LogP contribution < -0.4 is 5.73 Å². The molecule has 0 amide bonds. The third-order valence-corrected chi connectivity index (χ3v) is 2.47. The molecule has 1 atom stereocenters. The molecule has 0 aliphatic rings. The number of rotatable bonds is 3. The molecule has 2 N–H and O–H groups in total. The molecule has 2 aromatic rings. The van der Waals surface area contributed by atoms with Crippen molar-refractivity contribution in [2.24, 2.45) is 5.73 Å². The van der Waals surface area contributed by atoms with Crippen LogP contribution in [0.1, 0.15) is 24.4 Å². The van der Waals surface area contributed by atoms with Crippen LogP contribution in [0.5, 0.6) is 0 Å². The van der Waals surface area contributed by atoms with Crippen molar-refractivity contribution in [2.75, 3.05) is 0 Å². The zero-order chi connectivity index (χ0) is 11.5. The Hall–Kier alpha value is -1.82. The largest absolute Gasteiger partial charge is 0.324 e. The highest BCUT2D eigenvalue weighted by Gasteiger charge is 2.16. The van der Waals surface area contributed by atoms with Gasteiger partial charge < -0.3 is 5.73 Å². The highest BCUT2D eigenvalue weighted by Crippen LogP contribution is 2.20. The predicted octanol–water partition coefficient (Wildman–Crippen LogP) is 0.880. The monoisotopic (exact) mass is 221 g/mol. The van der Waals surface area contributed by atoms with Crippen molar-refractivity contribution in [1.82, 2.24) is 20.2 Å². The lowest BCUT2D eigenvalue weighted by Crippen LogP contribution is -2.16. The number of nitrogens with two attached hydrogens (primary N) is 1. The number of halogens is 1. The Morgan fingerprint density at radius 3 is 2.88 bits per heavy atom. The van der Waals surface area contributed by atoms with Gasteiger partial charge in [-0.3, -0.25) is 0 Å². The topological polar surface area (TPSA) is 69.6 Å². The first-order chi connectivity index (χ1) is 7.74. The molecule has 0 fully saturated rings. The number of aromatic nitrogens is 4. The average Bonchev–Trinajstić information content (AvgIpc) is 2.77. The minimum atomic E-state index is -0.270. The van der Waals surface area contributed by atoms with Gasteiger partial charge in [-0.25, -0.2) is 9.07 Å². The second-order valence-corrected chi connectivity index (χ2v) is 3.44. The van der Waals surface area contributed by atoms with Crippen molar-refractivity contribution in [3.63, 3.8) is 0 Å². The van der Waals surface area contributed by atoms with Crippen LogP contribution in [0.4, 0.5) is 4.39 Å². The molecular weight excluding hydrogens is 209 g/mol. The van der Waals surface area contributed by atoms with Gasteiger partial charge in [0.1, 0.15) is 5.82 Å². The minimum absolute atomic E-state index is 0.228. The molecule has 1 aromatic heterocycles. The van der Waals surface area contributed by atoms with Crippen LogP contribution >= 0.6 is 0 Å². The van der Waals surface area contributed by atoms with E-state index < -0.39 is 0 Å². The van der Waals surface area contributed by atoms with E-state index in [1.54, 1.807) is 18.2 Å². The number of benzene rings is 1. The Labute approximate surface area is 92.1 Å². The molecule has 0 radical (unpaired) electrons. The summed E-state index contributed by atoms with van der Waals surface area (Å²) in [6.07, 6.45) is 0. The van der Waals surface area contributed by atoms with E-state index in [2.05, 4.69) is 15.5 Å². The minimum Gasteiger partial charge on any atom is -0.324 e. The second kappa shape index (κ2) is 4.36. The van der Waals surface area contributed by atoms with Crippen LogP contribution in [0, 0.1) is 5.82 Å². The summed E-state index contributed by atoms with van der Waals surface area (Å²) < 4.78 is 15.1. The first-order valence-electron chi connectivity index (χ1n) is 4.95. The number of hydrogen-bond acceptors (Lipinski definition) is 4. The Morgan fingerprint density at radius 1 is 1.44 bits per heavy atom. The summed E-state index contributed by atoms with van der Waals surface area (Å²) >= 11 is 0. The third kappa shape index (κ3) is 1.79. The van der Waals surface area contributed by atoms with Crippen LogP contribution in [-0.4, -0.2) is 20.2 Å². The van der Waals surface area contributed by atoms with Gasteiger partial charge in [-0.2, -0.15) is 0 Å². The van der Waals surface area contributed by atoms with Crippen LogP contribution in [0.15, 0.2) is 24.3 Å². The maximum absolute atomic E-state index is 13.6. The summed E-state index contributed by atoms with van der Waals surface area (Å²) in [6.45, 7) is 2.06. The van der Waals surface area contributed by atoms with E-state index in [1.807, 2.05) is 6.92 Å². The van der Waals surface area contributed by atoms with Crippen LogP contribution in [0.2, 0.25) is 0 Å². The van der Waals surface area contributed by atoms with Crippen molar-refractivity contribution in [1.29, 1.82) is 0 Å². The molecule has 16 heavy (non-hydrogen) atoms. The molecule has 6 heteroatoms. The van der Waals surface area contributed by atoms with Crippen LogP contribution in [0.3, 0.4) is 0 Å². The van der Waals surface area contributed by atoms with Gasteiger partial charge in [0, 0.05) is 5.56 Å². The van der Waals surface area contributed by atoms with Gasteiger partial charge in [0.15, 0.2) is 5.82 Å². The molecule has 1 aromatic carbocycles. The zero-order valence-corrected chi connectivity index (χ0v) is 8.84. The maximum Gasteiger partial charge on any atom is 0.165 e.